The Labute approximate surface area is 162 Å². The molecule has 1 aromatic heterocycles. The Morgan fingerprint density at radius 3 is 2.89 bits per heavy atom. The van der Waals surface area contributed by atoms with Gasteiger partial charge in [-0.2, -0.15) is 4.98 Å². The fraction of sp³-hybridized carbons (Fsp3) is 0.300. The standard InChI is InChI=1S/C20H21N3O5/c1-25-17-8-4-2-6-15(17)22-20(24)27-14-12-23(10-11-26-13-14)19-21-16-7-3-5-9-18(16)28-19/h2-9,14H,10-13H2,1H3,(H,22,24). The second-order valence-corrected chi connectivity index (χ2v) is 6.34. The first-order valence-corrected chi connectivity index (χ1v) is 9.02. The normalized spacial score (nSPS) is 17.2. The van der Waals surface area contributed by atoms with Gasteiger partial charge in [-0.1, -0.05) is 24.3 Å². The number of para-hydroxylation sites is 4. The van der Waals surface area contributed by atoms with E-state index in [4.69, 9.17) is 18.6 Å². The molecule has 146 valence electrons. The molecule has 0 saturated carbocycles. The van der Waals surface area contributed by atoms with Gasteiger partial charge in [0.15, 0.2) is 5.58 Å². The maximum Gasteiger partial charge on any atom is 0.412 e. The van der Waals surface area contributed by atoms with Gasteiger partial charge in [-0.3, -0.25) is 5.32 Å². The summed E-state index contributed by atoms with van der Waals surface area (Å²) in [4.78, 5) is 18.8. The molecule has 1 aliphatic rings. The Morgan fingerprint density at radius 1 is 1.21 bits per heavy atom. The van der Waals surface area contributed by atoms with E-state index < -0.39 is 12.2 Å². The number of amides is 1. The maximum atomic E-state index is 12.3. The summed E-state index contributed by atoms with van der Waals surface area (Å²) in [6, 6.07) is 15.2. The number of carbonyl (C=O) groups is 1. The van der Waals surface area contributed by atoms with Crippen molar-refractivity contribution in [1.82, 2.24) is 4.98 Å². The second-order valence-electron chi connectivity index (χ2n) is 6.34. The fourth-order valence-electron chi connectivity index (χ4n) is 3.06. The highest BCUT2D eigenvalue weighted by molar-refractivity contribution is 5.86. The van der Waals surface area contributed by atoms with E-state index in [0.717, 1.165) is 5.52 Å². The number of hydrogen-bond donors (Lipinski definition) is 1. The summed E-state index contributed by atoms with van der Waals surface area (Å²) in [7, 11) is 1.54. The molecular weight excluding hydrogens is 362 g/mol. The molecule has 1 unspecified atom stereocenters. The number of carbonyl (C=O) groups excluding carboxylic acids is 1. The summed E-state index contributed by atoms with van der Waals surface area (Å²) in [5.41, 5.74) is 2.04. The fourth-order valence-corrected chi connectivity index (χ4v) is 3.06. The van der Waals surface area contributed by atoms with Crippen molar-refractivity contribution in [2.45, 2.75) is 6.10 Å². The lowest BCUT2D eigenvalue weighted by Gasteiger charge is -2.22. The van der Waals surface area contributed by atoms with Crippen molar-refractivity contribution in [3.63, 3.8) is 0 Å². The van der Waals surface area contributed by atoms with Crippen molar-refractivity contribution in [2.75, 3.05) is 43.6 Å². The van der Waals surface area contributed by atoms with Crippen molar-refractivity contribution in [3.8, 4) is 5.75 Å². The minimum absolute atomic E-state index is 0.302. The molecule has 1 fully saturated rings. The van der Waals surface area contributed by atoms with Crippen molar-refractivity contribution in [3.05, 3.63) is 48.5 Å². The molecule has 0 aliphatic carbocycles. The Kier molecular flexibility index (Phi) is 5.29. The van der Waals surface area contributed by atoms with E-state index in [1.165, 1.54) is 0 Å². The molecule has 0 spiro atoms. The number of hydrogen-bond acceptors (Lipinski definition) is 7. The molecule has 4 rings (SSSR count). The smallest absolute Gasteiger partial charge is 0.412 e. The van der Waals surface area contributed by atoms with Gasteiger partial charge in [0.1, 0.15) is 17.4 Å². The zero-order valence-electron chi connectivity index (χ0n) is 15.5. The highest BCUT2D eigenvalue weighted by atomic mass is 16.6. The van der Waals surface area contributed by atoms with Crippen LogP contribution in [0.1, 0.15) is 0 Å². The first kappa shape index (κ1) is 18.1. The summed E-state index contributed by atoms with van der Waals surface area (Å²) >= 11 is 0. The topological polar surface area (TPSA) is 86.1 Å². The largest absolute Gasteiger partial charge is 0.495 e. The Balaban J connectivity index is 1.43. The van der Waals surface area contributed by atoms with E-state index >= 15 is 0 Å². The van der Waals surface area contributed by atoms with Crippen LogP contribution < -0.4 is 15.0 Å². The molecule has 1 atom stereocenters. The Morgan fingerprint density at radius 2 is 2.04 bits per heavy atom. The van der Waals surface area contributed by atoms with E-state index in [2.05, 4.69) is 10.3 Å². The third-order valence-electron chi connectivity index (χ3n) is 4.40. The molecule has 0 radical (unpaired) electrons. The Hall–Kier alpha value is -3.26. The first-order chi connectivity index (χ1) is 13.7. The molecular formula is C20H21N3O5. The van der Waals surface area contributed by atoms with Crippen LogP contribution >= 0.6 is 0 Å². The Bertz CT molecular complexity index is 925. The molecule has 1 saturated heterocycles. The molecule has 2 aromatic carbocycles. The first-order valence-electron chi connectivity index (χ1n) is 9.02. The number of methoxy groups -OCH3 is 1. The molecule has 1 N–H and O–H groups in total. The SMILES string of the molecule is COc1ccccc1NC(=O)OC1COCCN(c2nc3ccccc3o2)C1. The summed E-state index contributed by atoms with van der Waals surface area (Å²) in [6.45, 7) is 1.82. The molecule has 8 heteroatoms. The van der Waals surface area contributed by atoms with Gasteiger partial charge in [0.05, 0.1) is 32.6 Å². The lowest BCUT2D eigenvalue weighted by molar-refractivity contribution is 0.0443. The van der Waals surface area contributed by atoms with E-state index in [-0.39, 0.29) is 0 Å². The van der Waals surface area contributed by atoms with E-state index in [9.17, 15) is 4.79 Å². The summed E-state index contributed by atoms with van der Waals surface area (Å²) in [5.74, 6) is 0.560. The number of rotatable bonds is 4. The number of nitrogens with zero attached hydrogens (tertiary/aromatic N) is 2. The van der Waals surface area contributed by atoms with Crippen LogP contribution in [0.15, 0.2) is 52.9 Å². The summed E-state index contributed by atoms with van der Waals surface area (Å²) in [5, 5.41) is 2.71. The van der Waals surface area contributed by atoms with Crippen LogP contribution in [-0.2, 0) is 9.47 Å². The molecule has 1 amide bonds. The highest BCUT2D eigenvalue weighted by Gasteiger charge is 2.25. The van der Waals surface area contributed by atoms with Crippen LogP contribution in [0, 0.1) is 0 Å². The van der Waals surface area contributed by atoms with Crippen molar-refractivity contribution in [2.24, 2.45) is 0 Å². The third kappa shape index (κ3) is 4.01. The molecule has 1 aliphatic heterocycles. The van der Waals surface area contributed by atoms with Crippen molar-refractivity contribution in [1.29, 1.82) is 0 Å². The van der Waals surface area contributed by atoms with Gasteiger partial charge in [-0.25, -0.2) is 4.79 Å². The minimum Gasteiger partial charge on any atom is -0.495 e. The predicted molar refractivity (Wildman–Crippen MR) is 104 cm³/mol. The van der Waals surface area contributed by atoms with E-state index in [0.29, 0.717) is 49.3 Å². The van der Waals surface area contributed by atoms with Gasteiger partial charge < -0.3 is 23.5 Å². The third-order valence-corrected chi connectivity index (χ3v) is 4.40. The number of fused-ring (bicyclic) bond motifs is 1. The number of ether oxygens (including phenoxy) is 3. The number of oxazole rings is 1. The van der Waals surface area contributed by atoms with Gasteiger partial charge >= 0.3 is 6.09 Å². The molecule has 2 heterocycles. The zero-order chi connectivity index (χ0) is 19.3. The average molecular weight is 383 g/mol. The number of aromatic nitrogens is 1. The monoisotopic (exact) mass is 383 g/mol. The van der Waals surface area contributed by atoms with Gasteiger partial charge in [0, 0.05) is 6.54 Å². The zero-order valence-corrected chi connectivity index (χ0v) is 15.5. The van der Waals surface area contributed by atoms with E-state index in [1.54, 1.807) is 19.2 Å². The highest BCUT2D eigenvalue weighted by Crippen LogP contribution is 2.24. The van der Waals surface area contributed by atoms with Gasteiger partial charge in [-0.05, 0) is 24.3 Å². The molecule has 8 nitrogen and oxygen atoms in total. The summed E-state index contributed by atoms with van der Waals surface area (Å²) < 4.78 is 22.2. The number of benzene rings is 2. The van der Waals surface area contributed by atoms with Crippen LogP contribution in [0.4, 0.5) is 16.5 Å². The van der Waals surface area contributed by atoms with Crippen molar-refractivity contribution < 1.29 is 23.4 Å². The van der Waals surface area contributed by atoms with Gasteiger partial charge in [0.25, 0.3) is 6.01 Å². The predicted octanol–water partition coefficient (Wildman–Crippen LogP) is 3.29. The van der Waals surface area contributed by atoms with Crippen LogP contribution in [-0.4, -0.2) is 50.6 Å². The van der Waals surface area contributed by atoms with Crippen LogP contribution in [0.5, 0.6) is 5.75 Å². The van der Waals surface area contributed by atoms with E-state index in [1.807, 2.05) is 41.3 Å². The molecule has 3 aromatic rings. The quantitative estimate of drug-likeness (QED) is 0.740. The number of anilines is 2. The van der Waals surface area contributed by atoms with Crippen LogP contribution in [0.3, 0.4) is 0 Å². The van der Waals surface area contributed by atoms with Gasteiger partial charge in [-0.15, -0.1) is 0 Å². The minimum atomic E-state index is -0.572. The second kappa shape index (κ2) is 8.18. The lowest BCUT2D eigenvalue weighted by atomic mass is 10.3. The van der Waals surface area contributed by atoms with Crippen LogP contribution in [0.25, 0.3) is 11.1 Å². The summed E-state index contributed by atoms with van der Waals surface area (Å²) in [6.07, 6.45) is -1.04. The lowest BCUT2D eigenvalue weighted by Crippen LogP contribution is -2.36. The maximum absolute atomic E-state index is 12.3. The molecule has 0 bridgehead atoms. The van der Waals surface area contributed by atoms with Gasteiger partial charge in [0.2, 0.25) is 0 Å². The average Bonchev–Trinajstić information content (AvgIpc) is 3.01. The van der Waals surface area contributed by atoms with Crippen LogP contribution in [0.2, 0.25) is 0 Å². The van der Waals surface area contributed by atoms with Crippen molar-refractivity contribution >= 4 is 28.9 Å². The molecule has 28 heavy (non-hydrogen) atoms. The number of nitrogens with one attached hydrogen (secondary N) is 1.